The van der Waals surface area contributed by atoms with Crippen LogP contribution in [0.15, 0.2) is 0 Å². The van der Waals surface area contributed by atoms with Crippen molar-refractivity contribution in [1.82, 2.24) is 4.90 Å². The first-order valence-corrected chi connectivity index (χ1v) is 6.98. The van der Waals surface area contributed by atoms with Crippen molar-refractivity contribution >= 4 is 11.9 Å². The summed E-state index contributed by atoms with van der Waals surface area (Å²) in [5.41, 5.74) is 5.44. The van der Waals surface area contributed by atoms with E-state index >= 15 is 0 Å². The van der Waals surface area contributed by atoms with E-state index in [-0.39, 0.29) is 18.6 Å². The third-order valence-corrected chi connectivity index (χ3v) is 3.40. The molecule has 1 fully saturated rings. The SMILES string of the molecule is CCOC(=O)C(C(=O)N1CCCC(N)C1)C(C)(C)C. The van der Waals surface area contributed by atoms with Crippen LogP contribution in [0.4, 0.5) is 0 Å². The summed E-state index contributed by atoms with van der Waals surface area (Å²) in [6.07, 6.45) is 1.83. The Labute approximate surface area is 115 Å². The number of ether oxygens (including phenoxy) is 1. The molecule has 1 amide bonds. The second kappa shape index (κ2) is 6.37. The van der Waals surface area contributed by atoms with Crippen LogP contribution < -0.4 is 5.73 Å². The van der Waals surface area contributed by atoms with Gasteiger partial charge in [0.05, 0.1) is 6.61 Å². The van der Waals surface area contributed by atoms with Gasteiger partial charge < -0.3 is 15.4 Å². The second-order valence-electron chi connectivity index (χ2n) is 6.24. The molecular weight excluding hydrogens is 244 g/mol. The Morgan fingerprint density at radius 2 is 2.05 bits per heavy atom. The van der Waals surface area contributed by atoms with Gasteiger partial charge in [-0.2, -0.15) is 0 Å². The summed E-state index contributed by atoms with van der Waals surface area (Å²) in [5.74, 6) is -1.34. The van der Waals surface area contributed by atoms with Crippen LogP contribution in [0.25, 0.3) is 0 Å². The van der Waals surface area contributed by atoms with Gasteiger partial charge in [0.2, 0.25) is 5.91 Å². The smallest absolute Gasteiger partial charge is 0.319 e. The summed E-state index contributed by atoms with van der Waals surface area (Å²) in [6.45, 7) is 8.91. The van der Waals surface area contributed by atoms with E-state index in [1.165, 1.54) is 0 Å². The van der Waals surface area contributed by atoms with Crippen LogP contribution in [0.3, 0.4) is 0 Å². The molecule has 19 heavy (non-hydrogen) atoms. The van der Waals surface area contributed by atoms with Gasteiger partial charge in [-0.05, 0) is 25.2 Å². The number of esters is 1. The highest BCUT2D eigenvalue weighted by Crippen LogP contribution is 2.29. The van der Waals surface area contributed by atoms with E-state index in [0.717, 1.165) is 12.8 Å². The summed E-state index contributed by atoms with van der Waals surface area (Å²) in [6, 6.07) is 0.0144. The predicted molar refractivity (Wildman–Crippen MR) is 73.4 cm³/mol. The second-order valence-corrected chi connectivity index (χ2v) is 6.24. The van der Waals surface area contributed by atoms with Gasteiger partial charge in [-0.1, -0.05) is 20.8 Å². The number of likely N-dealkylation sites (tertiary alicyclic amines) is 1. The molecule has 0 saturated carbocycles. The monoisotopic (exact) mass is 270 g/mol. The van der Waals surface area contributed by atoms with E-state index < -0.39 is 17.3 Å². The molecule has 0 bridgehead atoms. The quantitative estimate of drug-likeness (QED) is 0.617. The Kier molecular flexibility index (Phi) is 5.35. The van der Waals surface area contributed by atoms with Gasteiger partial charge in [0.25, 0.3) is 0 Å². The first-order valence-electron chi connectivity index (χ1n) is 6.98. The standard InChI is InChI=1S/C14H26N2O3/c1-5-19-13(18)11(14(2,3)4)12(17)16-8-6-7-10(15)9-16/h10-11H,5-9,15H2,1-4H3. The number of nitrogens with two attached hydrogens (primary N) is 1. The Bertz CT molecular complexity index is 336. The van der Waals surface area contributed by atoms with Crippen molar-refractivity contribution in [3.05, 3.63) is 0 Å². The summed E-state index contributed by atoms with van der Waals surface area (Å²) in [4.78, 5) is 26.3. The average molecular weight is 270 g/mol. The minimum absolute atomic E-state index is 0.0144. The van der Waals surface area contributed by atoms with Crippen molar-refractivity contribution in [1.29, 1.82) is 0 Å². The zero-order valence-corrected chi connectivity index (χ0v) is 12.4. The van der Waals surface area contributed by atoms with E-state index in [2.05, 4.69) is 0 Å². The van der Waals surface area contributed by atoms with Gasteiger partial charge in [0.1, 0.15) is 5.92 Å². The van der Waals surface area contributed by atoms with Gasteiger partial charge >= 0.3 is 5.97 Å². The van der Waals surface area contributed by atoms with Crippen molar-refractivity contribution in [2.45, 2.75) is 46.6 Å². The minimum Gasteiger partial charge on any atom is -0.465 e. The topological polar surface area (TPSA) is 72.6 Å². The number of carbonyl (C=O) groups is 2. The molecular formula is C14H26N2O3. The largest absolute Gasteiger partial charge is 0.465 e. The molecule has 0 spiro atoms. The van der Waals surface area contributed by atoms with Crippen molar-refractivity contribution in [3.63, 3.8) is 0 Å². The molecule has 1 saturated heterocycles. The summed E-state index contributed by atoms with van der Waals surface area (Å²) in [5, 5.41) is 0. The Balaban J connectivity index is 2.85. The van der Waals surface area contributed by atoms with Crippen LogP contribution in [-0.2, 0) is 14.3 Å². The van der Waals surface area contributed by atoms with Crippen LogP contribution in [0.2, 0.25) is 0 Å². The summed E-state index contributed by atoms with van der Waals surface area (Å²) >= 11 is 0. The molecule has 0 aromatic heterocycles. The lowest BCUT2D eigenvalue weighted by Crippen LogP contribution is -2.51. The van der Waals surface area contributed by atoms with Gasteiger partial charge in [-0.25, -0.2) is 0 Å². The number of rotatable bonds is 3. The van der Waals surface area contributed by atoms with E-state index in [0.29, 0.717) is 13.1 Å². The number of carbonyl (C=O) groups excluding carboxylic acids is 2. The molecule has 1 aliphatic rings. The highest BCUT2D eigenvalue weighted by atomic mass is 16.5. The van der Waals surface area contributed by atoms with Gasteiger partial charge in [-0.15, -0.1) is 0 Å². The molecule has 5 heteroatoms. The lowest BCUT2D eigenvalue weighted by atomic mass is 9.79. The number of hydrogen-bond donors (Lipinski definition) is 1. The van der Waals surface area contributed by atoms with Gasteiger partial charge in [-0.3, -0.25) is 9.59 Å². The maximum atomic E-state index is 12.6. The Hall–Kier alpha value is -1.10. The zero-order valence-electron chi connectivity index (χ0n) is 12.4. The molecule has 5 nitrogen and oxygen atoms in total. The minimum atomic E-state index is -0.752. The molecule has 110 valence electrons. The fraction of sp³-hybridized carbons (Fsp3) is 0.857. The molecule has 2 atom stereocenters. The molecule has 0 aromatic rings. The average Bonchev–Trinajstić information content (AvgIpc) is 2.27. The molecule has 0 aliphatic carbocycles. The Morgan fingerprint density at radius 3 is 2.53 bits per heavy atom. The molecule has 2 unspecified atom stereocenters. The van der Waals surface area contributed by atoms with Crippen molar-refractivity contribution < 1.29 is 14.3 Å². The number of hydrogen-bond acceptors (Lipinski definition) is 4. The fourth-order valence-electron chi connectivity index (χ4n) is 2.44. The molecule has 1 heterocycles. The first kappa shape index (κ1) is 16.0. The molecule has 1 rings (SSSR count). The lowest BCUT2D eigenvalue weighted by molar-refractivity contribution is -0.161. The van der Waals surface area contributed by atoms with Crippen LogP contribution in [0, 0.1) is 11.3 Å². The maximum absolute atomic E-state index is 12.6. The van der Waals surface area contributed by atoms with Crippen molar-refractivity contribution in [2.24, 2.45) is 17.1 Å². The van der Waals surface area contributed by atoms with Crippen LogP contribution >= 0.6 is 0 Å². The van der Waals surface area contributed by atoms with Gasteiger partial charge in [0.15, 0.2) is 0 Å². The maximum Gasteiger partial charge on any atom is 0.319 e. The Morgan fingerprint density at radius 1 is 1.42 bits per heavy atom. The number of piperidine rings is 1. The van der Waals surface area contributed by atoms with Crippen molar-refractivity contribution in [2.75, 3.05) is 19.7 Å². The normalized spacial score (nSPS) is 21.9. The molecule has 2 N–H and O–H groups in total. The first-order chi connectivity index (χ1) is 8.77. The summed E-state index contributed by atoms with van der Waals surface area (Å²) in [7, 11) is 0. The predicted octanol–water partition coefficient (Wildman–Crippen LogP) is 1.16. The molecule has 0 radical (unpaired) electrons. The van der Waals surface area contributed by atoms with E-state index in [4.69, 9.17) is 10.5 Å². The van der Waals surface area contributed by atoms with E-state index in [1.54, 1.807) is 11.8 Å². The van der Waals surface area contributed by atoms with Gasteiger partial charge in [0, 0.05) is 19.1 Å². The molecule has 1 aliphatic heterocycles. The molecule has 0 aromatic carbocycles. The van der Waals surface area contributed by atoms with Crippen molar-refractivity contribution in [3.8, 4) is 0 Å². The summed E-state index contributed by atoms with van der Waals surface area (Å²) < 4.78 is 5.05. The number of nitrogens with zero attached hydrogens (tertiary/aromatic N) is 1. The van der Waals surface area contributed by atoms with E-state index in [1.807, 2.05) is 20.8 Å². The van der Waals surface area contributed by atoms with Crippen LogP contribution in [-0.4, -0.2) is 42.5 Å². The number of amides is 1. The lowest BCUT2D eigenvalue weighted by Gasteiger charge is -2.36. The highest BCUT2D eigenvalue weighted by molar-refractivity contribution is 5.98. The van der Waals surface area contributed by atoms with E-state index in [9.17, 15) is 9.59 Å². The third kappa shape index (κ3) is 4.20. The fourth-order valence-corrected chi connectivity index (χ4v) is 2.44. The third-order valence-electron chi connectivity index (χ3n) is 3.40. The van der Waals surface area contributed by atoms with Crippen LogP contribution in [0.1, 0.15) is 40.5 Å². The van der Waals surface area contributed by atoms with Crippen LogP contribution in [0.5, 0.6) is 0 Å². The highest BCUT2D eigenvalue weighted by Gasteiger charge is 2.41. The zero-order chi connectivity index (χ0) is 14.6.